The van der Waals surface area contributed by atoms with Crippen molar-refractivity contribution < 1.29 is 9.53 Å². The van der Waals surface area contributed by atoms with Crippen molar-refractivity contribution in [3.05, 3.63) is 62.4 Å². The van der Waals surface area contributed by atoms with Gasteiger partial charge in [-0.25, -0.2) is 4.52 Å². The number of rotatable bonds is 4. The Hall–Kier alpha value is -2.32. The van der Waals surface area contributed by atoms with Crippen LogP contribution in [0.4, 0.5) is 5.95 Å². The molecule has 2 aromatic carbocycles. The first-order chi connectivity index (χ1) is 13.5. The summed E-state index contributed by atoms with van der Waals surface area (Å²) in [6, 6.07) is 10.6. The number of para-hydroxylation sites is 1. The van der Waals surface area contributed by atoms with Crippen LogP contribution in [0.1, 0.15) is 10.4 Å². The number of benzene rings is 2. The predicted molar refractivity (Wildman–Crippen MR) is 112 cm³/mol. The minimum absolute atomic E-state index is 0.0685. The zero-order chi connectivity index (χ0) is 19.8. The number of anilines is 1. The second kappa shape index (κ2) is 7.60. The van der Waals surface area contributed by atoms with E-state index in [2.05, 4.69) is 15.4 Å². The van der Waals surface area contributed by atoms with Crippen LogP contribution in [-0.2, 0) is 0 Å². The van der Waals surface area contributed by atoms with Crippen LogP contribution in [0.5, 0.6) is 5.75 Å². The average molecular weight is 454 g/mol. The molecule has 0 saturated heterocycles. The molecule has 0 spiro atoms. The molecule has 28 heavy (non-hydrogen) atoms. The molecule has 6 nitrogen and oxygen atoms in total. The Kier molecular flexibility index (Phi) is 5.16. The summed E-state index contributed by atoms with van der Waals surface area (Å²) in [6.07, 6.45) is 0. The first-order valence-electron chi connectivity index (χ1n) is 7.92. The number of thiazole rings is 1. The number of hydrogen-bond donors (Lipinski definition) is 1. The van der Waals surface area contributed by atoms with Crippen LogP contribution >= 0.6 is 46.1 Å². The number of fused-ring (bicyclic) bond motifs is 1. The topological polar surface area (TPSA) is 68.5 Å². The van der Waals surface area contributed by atoms with Gasteiger partial charge in [0.2, 0.25) is 4.96 Å². The van der Waals surface area contributed by atoms with Crippen molar-refractivity contribution in [1.29, 1.82) is 0 Å². The highest BCUT2D eigenvalue weighted by Crippen LogP contribution is 2.34. The summed E-state index contributed by atoms with van der Waals surface area (Å²) in [5.41, 5.74) is 1.73. The highest BCUT2D eigenvalue weighted by Gasteiger charge is 2.20. The van der Waals surface area contributed by atoms with Crippen molar-refractivity contribution in [2.24, 2.45) is 0 Å². The van der Waals surface area contributed by atoms with Crippen LogP contribution in [-0.4, -0.2) is 27.6 Å². The average Bonchev–Trinajstić information content (AvgIpc) is 3.25. The lowest BCUT2D eigenvalue weighted by molar-refractivity contribution is 0.102. The summed E-state index contributed by atoms with van der Waals surface area (Å²) in [5, 5.41) is 9.40. The third kappa shape index (κ3) is 3.31. The quantitative estimate of drug-likeness (QED) is 0.404. The van der Waals surface area contributed by atoms with Gasteiger partial charge in [0.1, 0.15) is 5.75 Å². The van der Waals surface area contributed by atoms with E-state index in [9.17, 15) is 4.79 Å². The van der Waals surface area contributed by atoms with Gasteiger partial charge in [-0.2, -0.15) is 4.98 Å². The van der Waals surface area contributed by atoms with Gasteiger partial charge in [-0.3, -0.25) is 10.1 Å². The number of carbonyl (C=O) groups is 1. The molecule has 4 rings (SSSR count). The Labute approximate surface area is 178 Å². The number of nitrogens with one attached hydrogen (secondary N) is 1. The fraction of sp³-hybridized carbons (Fsp3) is 0.0556. The Morgan fingerprint density at radius 2 is 1.89 bits per heavy atom. The molecule has 10 heteroatoms. The van der Waals surface area contributed by atoms with Gasteiger partial charge in [-0.1, -0.05) is 46.9 Å². The zero-order valence-corrected chi connectivity index (χ0v) is 17.3. The Bertz CT molecular complexity index is 1200. The third-order valence-electron chi connectivity index (χ3n) is 3.96. The number of carbonyl (C=O) groups excluding carboxylic acids is 1. The van der Waals surface area contributed by atoms with Gasteiger partial charge in [0.05, 0.1) is 33.4 Å². The van der Waals surface area contributed by atoms with Crippen LogP contribution in [0, 0.1) is 0 Å². The third-order valence-corrected chi connectivity index (χ3v) is 5.90. The SMILES string of the molecule is COc1ccccc1-c1csc2nc(NC(=O)c3c(Cl)ccc(Cl)c3Cl)nn12. The van der Waals surface area contributed by atoms with E-state index in [1.807, 2.05) is 29.6 Å². The molecule has 0 atom stereocenters. The fourth-order valence-electron chi connectivity index (χ4n) is 2.68. The molecule has 0 unspecified atom stereocenters. The van der Waals surface area contributed by atoms with Crippen molar-refractivity contribution in [1.82, 2.24) is 14.6 Å². The summed E-state index contributed by atoms with van der Waals surface area (Å²) in [7, 11) is 1.61. The molecule has 0 aliphatic heterocycles. The predicted octanol–water partition coefficient (Wildman–Crippen LogP) is 5.68. The number of methoxy groups -OCH3 is 1. The minimum atomic E-state index is -0.547. The molecule has 4 aromatic rings. The molecule has 0 fully saturated rings. The van der Waals surface area contributed by atoms with Crippen LogP contribution in [0.2, 0.25) is 15.1 Å². The van der Waals surface area contributed by atoms with E-state index >= 15 is 0 Å². The zero-order valence-electron chi connectivity index (χ0n) is 14.2. The lowest BCUT2D eigenvalue weighted by atomic mass is 10.1. The van der Waals surface area contributed by atoms with Gasteiger partial charge in [0.25, 0.3) is 11.9 Å². The normalized spacial score (nSPS) is 11.0. The molecule has 0 radical (unpaired) electrons. The first-order valence-corrected chi connectivity index (χ1v) is 9.93. The van der Waals surface area contributed by atoms with Crippen LogP contribution < -0.4 is 10.1 Å². The molecule has 2 aromatic heterocycles. The molecule has 142 valence electrons. The van der Waals surface area contributed by atoms with Gasteiger partial charge >= 0.3 is 0 Å². The maximum Gasteiger partial charge on any atom is 0.261 e. The largest absolute Gasteiger partial charge is 0.496 e. The second-order valence-corrected chi connectivity index (χ2v) is 7.65. The maximum absolute atomic E-state index is 12.6. The van der Waals surface area contributed by atoms with E-state index in [0.717, 1.165) is 11.3 Å². The molecule has 0 saturated carbocycles. The van der Waals surface area contributed by atoms with E-state index in [4.69, 9.17) is 39.5 Å². The summed E-state index contributed by atoms with van der Waals surface area (Å²) in [5.74, 6) is 0.287. The standard InChI is InChI=1S/C18H11Cl3N4O2S/c1-27-13-5-3-2-4-9(13)12-8-28-18-23-17(24-25(12)18)22-16(26)14-10(19)6-7-11(20)15(14)21/h2-8H,1H3,(H,22,24,26). The van der Waals surface area contributed by atoms with Crippen molar-refractivity contribution in [2.45, 2.75) is 0 Å². The van der Waals surface area contributed by atoms with Gasteiger partial charge in [-0.05, 0) is 24.3 Å². The summed E-state index contributed by atoms with van der Waals surface area (Å²) < 4.78 is 7.05. The monoisotopic (exact) mass is 452 g/mol. The van der Waals surface area contributed by atoms with Gasteiger partial charge in [-0.15, -0.1) is 16.4 Å². The van der Waals surface area contributed by atoms with Gasteiger partial charge in [0.15, 0.2) is 0 Å². The number of nitrogens with zero attached hydrogens (tertiary/aromatic N) is 3. The summed E-state index contributed by atoms with van der Waals surface area (Å²) in [4.78, 5) is 17.6. The van der Waals surface area contributed by atoms with Crippen molar-refractivity contribution in [3.8, 4) is 17.0 Å². The number of ether oxygens (including phenoxy) is 1. The minimum Gasteiger partial charge on any atom is -0.496 e. The van der Waals surface area contributed by atoms with Crippen LogP contribution in [0.3, 0.4) is 0 Å². The van der Waals surface area contributed by atoms with Crippen LogP contribution in [0.25, 0.3) is 16.2 Å². The lowest BCUT2D eigenvalue weighted by Crippen LogP contribution is -2.14. The number of halogens is 3. The van der Waals surface area contributed by atoms with E-state index in [0.29, 0.717) is 10.7 Å². The van der Waals surface area contributed by atoms with E-state index in [-0.39, 0.29) is 26.6 Å². The number of aromatic nitrogens is 3. The fourth-order valence-corrected chi connectivity index (χ4v) is 4.20. The van der Waals surface area contributed by atoms with Crippen molar-refractivity contribution in [3.63, 3.8) is 0 Å². The van der Waals surface area contributed by atoms with E-state index in [1.165, 1.54) is 23.5 Å². The molecule has 2 heterocycles. The number of amides is 1. The van der Waals surface area contributed by atoms with Crippen LogP contribution in [0.15, 0.2) is 41.8 Å². The summed E-state index contributed by atoms with van der Waals surface area (Å²) >= 11 is 19.6. The Balaban J connectivity index is 1.70. The second-order valence-electron chi connectivity index (χ2n) is 5.62. The highest BCUT2D eigenvalue weighted by atomic mass is 35.5. The number of hydrogen-bond acceptors (Lipinski definition) is 5. The molecule has 0 aliphatic carbocycles. The molecular weight excluding hydrogens is 443 g/mol. The molecular formula is C18H11Cl3N4O2S. The van der Waals surface area contributed by atoms with Crippen molar-refractivity contribution in [2.75, 3.05) is 12.4 Å². The van der Waals surface area contributed by atoms with Crippen molar-refractivity contribution >= 4 is 63.0 Å². The Morgan fingerprint density at radius 3 is 2.68 bits per heavy atom. The first kappa shape index (κ1) is 19.0. The smallest absolute Gasteiger partial charge is 0.261 e. The van der Waals surface area contributed by atoms with Gasteiger partial charge < -0.3 is 4.74 Å². The summed E-state index contributed by atoms with van der Waals surface area (Å²) in [6.45, 7) is 0. The Morgan fingerprint density at radius 1 is 1.14 bits per heavy atom. The lowest BCUT2D eigenvalue weighted by Gasteiger charge is -2.07. The molecule has 0 bridgehead atoms. The van der Waals surface area contributed by atoms with E-state index < -0.39 is 5.91 Å². The molecule has 1 N–H and O–H groups in total. The highest BCUT2D eigenvalue weighted by molar-refractivity contribution is 7.15. The maximum atomic E-state index is 12.6. The van der Waals surface area contributed by atoms with Gasteiger partial charge in [0, 0.05) is 10.9 Å². The molecule has 1 amide bonds. The molecule has 0 aliphatic rings. The van der Waals surface area contributed by atoms with E-state index in [1.54, 1.807) is 11.6 Å².